The third kappa shape index (κ3) is 2.57. The molecule has 1 amide bonds. The number of carbonyl (C=O) groups is 2. The van der Waals surface area contributed by atoms with Crippen LogP contribution in [0.3, 0.4) is 0 Å². The van der Waals surface area contributed by atoms with Gasteiger partial charge in [-0.15, -0.1) is 0 Å². The minimum Gasteiger partial charge on any atom is -0.465 e. The average Bonchev–Trinajstić information content (AvgIpc) is 3.28. The van der Waals surface area contributed by atoms with E-state index in [1.54, 1.807) is 0 Å². The topological polar surface area (TPSA) is 55.8 Å². The molecule has 3 aliphatic heterocycles. The first kappa shape index (κ1) is 17.3. The van der Waals surface area contributed by atoms with Crippen LogP contribution < -0.4 is 0 Å². The fraction of sp³-hybridized carbons (Fsp3) is 0.524. The predicted octanol–water partition coefficient (Wildman–Crippen LogP) is 2.73. The van der Waals surface area contributed by atoms with Gasteiger partial charge >= 0.3 is 5.97 Å². The van der Waals surface area contributed by atoms with E-state index in [-0.39, 0.29) is 29.9 Å². The van der Waals surface area contributed by atoms with E-state index >= 15 is 0 Å². The van der Waals surface area contributed by atoms with Crippen molar-refractivity contribution in [1.82, 2.24) is 4.90 Å². The molecule has 138 valence electrons. The predicted molar refractivity (Wildman–Crippen MR) is 96.1 cm³/mol. The Morgan fingerprint density at radius 2 is 2.04 bits per heavy atom. The van der Waals surface area contributed by atoms with Crippen molar-refractivity contribution in [2.45, 2.75) is 38.5 Å². The summed E-state index contributed by atoms with van der Waals surface area (Å²) in [5.74, 6) is -1.10. The Labute approximate surface area is 154 Å². The molecule has 2 bridgehead atoms. The summed E-state index contributed by atoms with van der Waals surface area (Å²) in [6.45, 7) is 6.86. The van der Waals surface area contributed by atoms with E-state index in [1.165, 1.54) is 0 Å². The molecule has 1 aromatic rings. The SMILES string of the molecule is CC(C)COC(=O)[C@H]1[C@H]2C(=O)N([C@@H](C)c3ccccc3)C[C@]23C=C[C@H]1O3. The Morgan fingerprint density at radius 3 is 2.73 bits per heavy atom. The van der Waals surface area contributed by atoms with Gasteiger partial charge in [-0.3, -0.25) is 9.59 Å². The molecular formula is C21H25NO4. The molecule has 1 aromatic carbocycles. The summed E-state index contributed by atoms with van der Waals surface area (Å²) in [6.07, 6.45) is 3.55. The Bertz CT molecular complexity index is 744. The molecule has 4 rings (SSSR count). The summed E-state index contributed by atoms with van der Waals surface area (Å²) in [7, 11) is 0. The number of nitrogens with zero attached hydrogens (tertiary/aromatic N) is 1. The van der Waals surface area contributed by atoms with Gasteiger partial charge < -0.3 is 14.4 Å². The van der Waals surface area contributed by atoms with Gasteiger partial charge in [-0.1, -0.05) is 56.3 Å². The van der Waals surface area contributed by atoms with Crippen LogP contribution in [0.1, 0.15) is 32.4 Å². The highest BCUT2D eigenvalue weighted by molar-refractivity contribution is 5.91. The lowest BCUT2D eigenvalue weighted by atomic mass is 9.77. The van der Waals surface area contributed by atoms with Gasteiger partial charge in [0.1, 0.15) is 11.5 Å². The minimum atomic E-state index is -0.688. The third-order valence-electron chi connectivity index (χ3n) is 5.71. The summed E-state index contributed by atoms with van der Waals surface area (Å²) >= 11 is 0. The molecule has 2 saturated heterocycles. The molecule has 1 spiro atoms. The lowest BCUT2D eigenvalue weighted by molar-refractivity contribution is -0.155. The number of hydrogen-bond donors (Lipinski definition) is 0. The van der Waals surface area contributed by atoms with Crippen LogP contribution in [0.5, 0.6) is 0 Å². The molecule has 0 aromatic heterocycles. The Morgan fingerprint density at radius 1 is 1.31 bits per heavy atom. The van der Waals surface area contributed by atoms with E-state index in [4.69, 9.17) is 9.47 Å². The van der Waals surface area contributed by atoms with Crippen molar-refractivity contribution in [3.05, 3.63) is 48.0 Å². The van der Waals surface area contributed by atoms with E-state index in [2.05, 4.69) is 0 Å². The standard InChI is InChI=1S/C21H25NO4/c1-13(2)11-25-20(24)17-16-9-10-21(26-16)12-22(19(23)18(17)21)14(3)15-7-5-4-6-8-15/h4-10,13-14,16-18H,11-12H2,1-3H3/t14-,16+,17+,18-,21+/m0/s1. The van der Waals surface area contributed by atoms with E-state index in [0.29, 0.717) is 13.2 Å². The molecule has 3 heterocycles. The maximum atomic E-state index is 13.2. The van der Waals surface area contributed by atoms with Crippen LogP contribution in [0.25, 0.3) is 0 Å². The van der Waals surface area contributed by atoms with Crippen molar-refractivity contribution < 1.29 is 19.1 Å². The van der Waals surface area contributed by atoms with Crippen molar-refractivity contribution >= 4 is 11.9 Å². The molecule has 0 radical (unpaired) electrons. The second-order valence-corrected chi connectivity index (χ2v) is 7.98. The van der Waals surface area contributed by atoms with Crippen LogP contribution in [0.4, 0.5) is 0 Å². The maximum absolute atomic E-state index is 13.2. The number of carbonyl (C=O) groups excluding carboxylic acids is 2. The molecule has 5 heteroatoms. The first-order valence-electron chi connectivity index (χ1n) is 9.32. The second-order valence-electron chi connectivity index (χ2n) is 7.98. The van der Waals surface area contributed by atoms with Crippen molar-refractivity contribution in [3.8, 4) is 0 Å². The smallest absolute Gasteiger partial charge is 0.312 e. The highest BCUT2D eigenvalue weighted by Gasteiger charge is 2.67. The van der Waals surface area contributed by atoms with E-state index < -0.39 is 17.4 Å². The van der Waals surface area contributed by atoms with Gasteiger partial charge in [-0.05, 0) is 18.4 Å². The van der Waals surface area contributed by atoms with Gasteiger partial charge in [0.05, 0.1) is 31.2 Å². The number of benzene rings is 1. The zero-order valence-electron chi connectivity index (χ0n) is 15.4. The van der Waals surface area contributed by atoms with Gasteiger partial charge in [-0.2, -0.15) is 0 Å². The van der Waals surface area contributed by atoms with Crippen molar-refractivity contribution in [1.29, 1.82) is 0 Å². The van der Waals surface area contributed by atoms with Crippen molar-refractivity contribution in [2.24, 2.45) is 17.8 Å². The first-order valence-corrected chi connectivity index (χ1v) is 9.32. The quantitative estimate of drug-likeness (QED) is 0.602. The first-order chi connectivity index (χ1) is 12.4. The van der Waals surface area contributed by atoms with Gasteiger partial charge in [0.25, 0.3) is 0 Å². The highest BCUT2D eigenvalue weighted by Crippen LogP contribution is 2.53. The minimum absolute atomic E-state index is 0.0142. The molecule has 2 fully saturated rings. The Kier molecular flexibility index (Phi) is 4.14. The van der Waals surface area contributed by atoms with Crippen LogP contribution in [-0.4, -0.2) is 41.6 Å². The van der Waals surface area contributed by atoms with Gasteiger partial charge in [-0.25, -0.2) is 0 Å². The summed E-state index contributed by atoms with van der Waals surface area (Å²) in [5.41, 5.74) is 0.390. The zero-order valence-corrected chi connectivity index (χ0v) is 15.4. The number of hydrogen-bond acceptors (Lipinski definition) is 4. The van der Waals surface area contributed by atoms with Crippen molar-refractivity contribution in [3.63, 3.8) is 0 Å². The van der Waals surface area contributed by atoms with E-state index in [1.807, 2.05) is 68.2 Å². The summed E-state index contributed by atoms with van der Waals surface area (Å²) in [6, 6.07) is 9.88. The molecule has 5 atom stereocenters. The van der Waals surface area contributed by atoms with Crippen molar-refractivity contribution in [2.75, 3.05) is 13.2 Å². The second kappa shape index (κ2) is 6.23. The number of likely N-dealkylation sites (tertiary alicyclic amines) is 1. The Hall–Kier alpha value is -2.14. The Balaban J connectivity index is 1.58. The molecule has 0 N–H and O–H groups in total. The molecule has 0 aliphatic carbocycles. The van der Waals surface area contributed by atoms with Crippen LogP contribution in [0, 0.1) is 17.8 Å². The maximum Gasteiger partial charge on any atom is 0.312 e. The molecule has 26 heavy (non-hydrogen) atoms. The summed E-state index contributed by atoms with van der Waals surface area (Å²) in [5, 5.41) is 0. The molecule has 0 unspecified atom stereocenters. The largest absolute Gasteiger partial charge is 0.465 e. The average molecular weight is 355 g/mol. The van der Waals surface area contributed by atoms with Gasteiger partial charge in [0.15, 0.2) is 0 Å². The van der Waals surface area contributed by atoms with E-state index in [0.717, 1.165) is 5.56 Å². The molecule has 0 saturated carbocycles. The van der Waals surface area contributed by atoms with Gasteiger partial charge in [0, 0.05) is 0 Å². The lowest BCUT2D eigenvalue weighted by Gasteiger charge is -2.27. The van der Waals surface area contributed by atoms with Crippen LogP contribution in [0.15, 0.2) is 42.5 Å². The van der Waals surface area contributed by atoms with E-state index in [9.17, 15) is 9.59 Å². The fourth-order valence-corrected chi connectivity index (χ4v) is 4.38. The molecular weight excluding hydrogens is 330 g/mol. The third-order valence-corrected chi connectivity index (χ3v) is 5.71. The highest BCUT2D eigenvalue weighted by atomic mass is 16.6. The lowest BCUT2D eigenvalue weighted by Crippen LogP contribution is -2.40. The molecule has 5 nitrogen and oxygen atoms in total. The molecule has 3 aliphatic rings. The fourth-order valence-electron chi connectivity index (χ4n) is 4.38. The normalized spacial score (nSPS) is 33.0. The van der Waals surface area contributed by atoms with Crippen LogP contribution in [-0.2, 0) is 19.1 Å². The number of rotatable bonds is 5. The number of ether oxygens (including phenoxy) is 2. The number of amides is 1. The van der Waals surface area contributed by atoms with Gasteiger partial charge in [0.2, 0.25) is 5.91 Å². The number of esters is 1. The van der Waals surface area contributed by atoms with Crippen LogP contribution >= 0.6 is 0 Å². The van der Waals surface area contributed by atoms with Crippen LogP contribution in [0.2, 0.25) is 0 Å². The summed E-state index contributed by atoms with van der Waals surface area (Å²) < 4.78 is 11.6. The monoisotopic (exact) mass is 355 g/mol. The zero-order chi connectivity index (χ0) is 18.5. The number of fused-ring (bicyclic) bond motifs is 1. The summed E-state index contributed by atoms with van der Waals surface area (Å²) in [4.78, 5) is 27.7.